The van der Waals surface area contributed by atoms with Crippen LogP contribution >= 0.6 is 0 Å². The van der Waals surface area contributed by atoms with Crippen LogP contribution in [0.25, 0.3) is 0 Å². The summed E-state index contributed by atoms with van der Waals surface area (Å²) in [6.07, 6.45) is 31.6. The van der Waals surface area contributed by atoms with Gasteiger partial charge in [-0.25, -0.2) is 0 Å². The van der Waals surface area contributed by atoms with E-state index in [9.17, 15) is 0 Å². The van der Waals surface area contributed by atoms with Gasteiger partial charge in [-0.15, -0.1) is 6.42 Å². The summed E-state index contributed by atoms with van der Waals surface area (Å²) in [5, 5.41) is 0. The lowest BCUT2D eigenvalue weighted by Gasteiger charge is -2.11. The van der Waals surface area contributed by atoms with Gasteiger partial charge >= 0.3 is 0 Å². The maximum Gasteiger partial charge on any atom is -0.0162 e. The van der Waals surface area contributed by atoms with Gasteiger partial charge in [-0.2, -0.15) is 0 Å². The fourth-order valence-corrected chi connectivity index (χ4v) is 3.21. The molecular weight excluding hydrogens is 276 g/mol. The van der Waals surface area contributed by atoms with Crippen molar-refractivity contribution in [3.8, 4) is 12.3 Å². The van der Waals surface area contributed by atoms with E-state index in [0.29, 0.717) is 0 Å². The molecule has 0 amide bonds. The fraction of sp³-hybridized carbons (Fsp3) is 0.826. The number of rotatable bonds is 17. The predicted molar refractivity (Wildman–Crippen MR) is 107 cm³/mol. The Kier molecular flexibility index (Phi) is 18.8. The minimum atomic E-state index is 0.948. The van der Waals surface area contributed by atoms with Gasteiger partial charge in [0, 0.05) is 0 Å². The highest BCUT2D eigenvalue weighted by Gasteiger charge is 2.02. The van der Waals surface area contributed by atoms with Crippen LogP contribution in [-0.4, -0.2) is 0 Å². The molecule has 0 aliphatic heterocycles. The highest BCUT2D eigenvalue weighted by atomic mass is 14.1. The zero-order valence-electron chi connectivity index (χ0n) is 16.1. The van der Waals surface area contributed by atoms with E-state index in [1.54, 1.807) is 0 Å². The van der Waals surface area contributed by atoms with Gasteiger partial charge in [-0.1, -0.05) is 116 Å². The van der Waals surface area contributed by atoms with Crippen molar-refractivity contribution in [1.29, 1.82) is 0 Å². The summed E-state index contributed by atoms with van der Waals surface area (Å²) in [5.41, 5.74) is 0. The molecule has 134 valence electrons. The highest BCUT2D eigenvalue weighted by molar-refractivity contribution is 5.08. The molecule has 1 atom stereocenters. The number of hydrogen-bond acceptors (Lipinski definition) is 0. The van der Waals surface area contributed by atoms with E-state index < -0.39 is 0 Å². The number of unbranched alkanes of at least 4 members (excludes halogenated alkanes) is 12. The van der Waals surface area contributed by atoms with Crippen molar-refractivity contribution in [3.63, 3.8) is 0 Å². The van der Waals surface area contributed by atoms with Crippen LogP contribution in [0.15, 0.2) is 12.2 Å². The Morgan fingerprint density at radius 2 is 1.22 bits per heavy atom. The Hall–Kier alpha value is -0.700. The van der Waals surface area contributed by atoms with Gasteiger partial charge in [0.2, 0.25) is 0 Å². The lowest BCUT2D eigenvalue weighted by molar-refractivity contribution is 0.431. The quantitative estimate of drug-likeness (QED) is 0.188. The predicted octanol–water partition coefficient (Wildman–Crippen LogP) is 8.07. The molecule has 0 aromatic rings. The summed E-state index contributed by atoms with van der Waals surface area (Å²) in [6, 6.07) is 0. The number of hydrogen-bond donors (Lipinski definition) is 0. The second-order valence-electron chi connectivity index (χ2n) is 7.28. The molecule has 0 spiro atoms. The molecule has 0 rings (SSSR count). The van der Waals surface area contributed by atoms with Gasteiger partial charge in [-0.05, 0) is 24.8 Å². The Bertz CT molecular complexity index is 281. The van der Waals surface area contributed by atoms with E-state index in [-0.39, 0.29) is 0 Å². The standard InChI is InChI=1S/C23H42/c1-4-6-8-10-12-13-14-15-16-18-20-22-23(3)21-19-17-11-9-7-5-2/h1,6,8,23H,5,7,9-22H2,2-3H3. The molecule has 23 heavy (non-hydrogen) atoms. The molecule has 0 aromatic heterocycles. The molecule has 0 heterocycles. The van der Waals surface area contributed by atoms with Crippen LogP contribution in [0.3, 0.4) is 0 Å². The molecule has 0 fully saturated rings. The normalized spacial score (nSPS) is 12.6. The summed E-state index contributed by atoms with van der Waals surface area (Å²) in [5.74, 6) is 3.49. The van der Waals surface area contributed by atoms with E-state index in [4.69, 9.17) is 6.42 Å². The van der Waals surface area contributed by atoms with E-state index >= 15 is 0 Å². The van der Waals surface area contributed by atoms with Crippen LogP contribution < -0.4 is 0 Å². The molecule has 1 unspecified atom stereocenters. The average Bonchev–Trinajstić information content (AvgIpc) is 2.56. The zero-order chi connectivity index (χ0) is 17.0. The van der Waals surface area contributed by atoms with Gasteiger partial charge < -0.3 is 0 Å². The van der Waals surface area contributed by atoms with Crippen LogP contribution in [0, 0.1) is 18.3 Å². The van der Waals surface area contributed by atoms with Crippen LogP contribution in [-0.2, 0) is 0 Å². The van der Waals surface area contributed by atoms with Crippen molar-refractivity contribution in [2.75, 3.05) is 0 Å². The molecule has 0 radical (unpaired) electrons. The Labute approximate surface area is 147 Å². The highest BCUT2D eigenvalue weighted by Crippen LogP contribution is 2.18. The monoisotopic (exact) mass is 318 g/mol. The van der Waals surface area contributed by atoms with Gasteiger partial charge in [0.1, 0.15) is 0 Å². The second kappa shape index (κ2) is 19.3. The fourth-order valence-electron chi connectivity index (χ4n) is 3.21. The summed E-state index contributed by atoms with van der Waals surface area (Å²) in [6.45, 7) is 4.75. The molecule has 0 aliphatic rings. The maximum atomic E-state index is 5.17. The molecule has 0 aliphatic carbocycles. The third-order valence-electron chi connectivity index (χ3n) is 4.83. The molecule has 0 bridgehead atoms. The number of terminal acetylenes is 1. The summed E-state index contributed by atoms with van der Waals surface area (Å²) in [4.78, 5) is 0. The van der Waals surface area contributed by atoms with E-state index in [0.717, 1.165) is 12.3 Å². The maximum absolute atomic E-state index is 5.17. The second-order valence-corrected chi connectivity index (χ2v) is 7.28. The molecule has 0 heteroatoms. The lowest BCUT2D eigenvalue weighted by Crippen LogP contribution is -1.95. The minimum Gasteiger partial charge on any atom is -0.115 e. The molecule has 0 nitrogen and oxygen atoms in total. The van der Waals surface area contributed by atoms with Gasteiger partial charge in [0.15, 0.2) is 0 Å². The SMILES string of the molecule is C#CC=CCCCCCCCCCC(C)CCCCCCCC. The van der Waals surface area contributed by atoms with Crippen LogP contribution in [0.5, 0.6) is 0 Å². The van der Waals surface area contributed by atoms with Crippen LogP contribution in [0.4, 0.5) is 0 Å². The third-order valence-corrected chi connectivity index (χ3v) is 4.83. The van der Waals surface area contributed by atoms with Crippen molar-refractivity contribution in [2.45, 2.75) is 117 Å². The molecule has 0 aromatic carbocycles. The smallest absolute Gasteiger partial charge is 0.0162 e. The van der Waals surface area contributed by atoms with Crippen LogP contribution in [0.2, 0.25) is 0 Å². The van der Waals surface area contributed by atoms with E-state index in [1.807, 2.05) is 6.08 Å². The molecule has 0 saturated carbocycles. The summed E-state index contributed by atoms with van der Waals surface area (Å²) >= 11 is 0. The van der Waals surface area contributed by atoms with Gasteiger partial charge in [0.25, 0.3) is 0 Å². The van der Waals surface area contributed by atoms with Crippen molar-refractivity contribution >= 4 is 0 Å². The Morgan fingerprint density at radius 3 is 1.74 bits per heavy atom. The Morgan fingerprint density at radius 1 is 0.739 bits per heavy atom. The number of allylic oxidation sites excluding steroid dienone is 2. The molecular formula is C23H42. The Balaban J connectivity index is 3.16. The largest absolute Gasteiger partial charge is 0.115 e. The van der Waals surface area contributed by atoms with Crippen molar-refractivity contribution < 1.29 is 0 Å². The first-order valence-electron chi connectivity index (χ1n) is 10.4. The third kappa shape index (κ3) is 19.3. The average molecular weight is 319 g/mol. The summed E-state index contributed by atoms with van der Waals surface area (Å²) < 4.78 is 0. The van der Waals surface area contributed by atoms with Crippen LogP contribution in [0.1, 0.15) is 117 Å². The molecule has 0 saturated heterocycles. The topological polar surface area (TPSA) is 0 Å². The summed E-state index contributed by atoms with van der Waals surface area (Å²) in [7, 11) is 0. The zero-order valence-corrected chi connectivity index (χ0v) is 16.1. The van der Waals surface area contributed by atoms with Gasteiger partial charge in [-0.3, -0.25) is 0 Å². The van der Waals surface area contributed by atoms with E-state index in [1.165, 1.54) is 96.3 Å². The minimum absolute atomic E-state index is 0.948. The van der Waals surface area contributed by atoms with E-state index in [2.05, 4.69) is 25.8 Å². The first-order chi connectivity index (χ1) is 11.3. The first kappa shape index (κ1) is 22.3. The first-order valence-corrected chi connectivity index (χ1v) is 10.4. The van der Waals surface area contributed by atoms with Crippen molar-refractivity contribution in [2.24, 2.45) is 5.92 Å². The van der Waals surface area contributed by atoms with Crippen molar-refractivity contribution in [1.82, 2.24) is 0 Å². The molecule has 0 N–H and O–H groups in total. The van der Waals surface area contributed by atoms with Crippen molar-refractivity contribution in [3.05, 3.63) is 12.2 Å². The lowest BCUT2D eigenvalue weighted by atomic mass is 9.96. The van der Waals surface area contributed by atoms with Gasteiger partial charge in [0.05, 0.1) is 0 Å².